The van der Waals surface area contributed by atoms with Crippen molar-refractivity contribution in [3.63, 3.8) is 0 Å². The molecular weight excluding hydrogens is 297 g/mol. The molecular formula is C14H12FNO6. The van der Waals surface area contributed by atoms with Gasteiger partial charge in [-0.3, -0.25) is 14.9 Å². The first kappa shape index (κ1) is 15.6. The van der Waals surface area contributed by atoms with Gasteiger partial charge in [0, 0.05) is 11.0 Å². The molecule has 0 radical (unpaired) electrons. The van der Waals surface area contributed by atoms with E-state index in [9.17, 15) is 24.4 Å². The smallest absolute Gasteiger partial charge is 0.227 e. The summed E-state index contributed by atoms with van der Waals surface area (Å²) in [4.78, 5) is 21.9. The third-order valence-electron chi connectivity index (χ3n) is 3.08. The van der Waals surface area contributed by atoms with Crippen molar-refractivity contribution in [2.24, 2.45) is 0 Å². The Balaban J connectivity index is 2.59. The number of rotatable bonds is 5. The molecule has 0 bridgehead atoms. The van der Waals surface area contributed by atoms with Gasteiger partial charge in [0.2, 0.25) is 17.7 Å². The van der Waals surface area contributed by atoms with Crippen LogP contribution in [-0.4, -0.2) is 21.7 Å². The number of benzene rings is 1. The summed E-state index contributed by atoms with van der Waals surface area (Å²) in [6.07, 6.45) is 0. The highest BCUT2D eigenvalue weighted by Gasteiger charge is 2.28. The minimum Gasteiger partial charge on any atom is -0.502 e. The van der Waals surface area contributed by atoms with Crippen molar-refractivity contribution in [2.45, 2.75) is 12.5 Å². The Kier molecular flexibility index (Phi) is 4.52. The highest BCUT2D eigenvalue weighted by atomic mass is 19.1. The van der Waals surface area contributed by atoms with E-state index in [-0.39, 0.29) is 11.5 Å². The zero-order valence-corrected chi connectivity index (χ0v) is 11.2. The normalized spacial score (nSPS) is 12.1. The molecule has 0 aliphatic rings. The second kappa shape index (κ2) is 6.35. The predicted molar refractivity (Wildman–Crippen MR) is 72.7 cm³/mol. The van der Waals surface area contributed by atoms with Crippen LogP contribution >= 0.6 is 0 Å². The van der Waals surface area contributed by atoms with Gasteiger partial charge in [0.15, 0.2) is 5.76 Å². The Morgan fingerprint density at radius 1 is 1.32 bits per heavy atom. The molecule has 116 valence electrons. The summed E-state index contributed by atoms with van der Waals surface area (Å²) in [6.45, 7) is -1.27. The molecule has 2 rings (SSSR count). The fourth-order valence-corrected chi connectivity index (χ4v) is 2.05. The number of nitrogens with zero attached hydrogens (tertiary/aromatic N) is 1. The van der Waals surface area contributed by atoms with Crippen LogP contribution in [0, 0.1) is 15.9 Å². The molecule has 0 aliphatic carbocycles. The third kappa shape index (κ3) is 3.29. The van der Waals surface area contributed by atoms with Crippen molar-refractivity contribution in [3.8, 4) is 5.75 Å². The van der Waals surface area contributed by atoms with E-state index in [1.165, 1.54) is 12.1 Å². The van der Waals surface area contributed by atoms with Crippen LogP contribution in [0.25, 0.3) is 0 Å². The first-order valence-corrected chi connectivity index (χ1v) is 6.26. The van der Waals surface area contributed by atoms with Gasteiger partial charge in [-0.05, 0) is 17.7 Å². The predicted octanol–water partition coefficient (Wildman–Crippen LogP) is 1.39. The van der Waals surface area contributed by atoms with Crippen LogP contribution in [0.1, 0.15) is 23.0 Å². The summed E-state index contributed by atoms with van der Waals surface area (Å²) >= 11 is 0. The lowest BCUT2D eigenvalue weighted by molar-refractivity contribution is -0.482. The second-order valence-corrected chi connectivity index (χ2v) is 4.57. The van der Waals surface area contributed by atoms with Crippen LogP contribution < -0.4 is 5.43 Å². The number of aromatic hydroxyl groups is 1. The van der Waals surface area contributed by atoms with Crippen LogP contribution in [0.4, 0.5) is 4.39 Å². The summed E-state index contributed by atoms with van der Waals surface area (Å²) in [5, 5.41) is 29.7. The van der Waals surface area contributed by atoms with Gasteiger partial charge < -0.3 is 14.6 Å². The SMILES string of the molecule is O=c1cc(CO)oc(C(C[N+](=O)[O-])c2ccc(F)cc2)c1O. The maximum atomic E-state index is 13.0. The number of nitro groups is 1. The topological polar surface area (TPSA) is 114 Å². The van der Waals surface area contributed by atoms with E-state index in [1.54, 1.807) is 0 Å². The van der Waals surface area contributed by atoms with Gasteiger partial charge in [0.1, 0.15) is 24.1 Å². The van der Waals surface area contributed by atoms with Crippen molar-refractivity contribution in [2.75, 3.05) is 6.54 Å². The fourth-order valence-electron chi connectivity index (χ4n) is 2.05. The molecule has 0 saturated heterocycles. The molecule has 0 fully saturated rings. The molecule has 2 aromatic rings. The van der Waals surface area contributed by atoms with E-state index in [2.05, 4.69) is 0 Å². The highest BCUT2D eigenvalue weighted by molar-refractivity contribution is 5.35. The molecule has 8 heteroatoms. The lowest BCUT2D eigenvalue weighted by Gasteiger charge is -2.14. The molecule has 1 unspecified atom stereocenters. The van der Waals surface area contributed by atoms with Crippen LogP contribution in [-0.2, 0) is 6.61 Å². The largest absolute Gasteiger partial charge is 0.502 e. The van der Waals surface area contributed by atoms with Gasteiger partial charge in [-0.15, -0.1) is 0 Å². The van der Waals surface area contributed by atoms with Gasteiger partial charge in [-0.25, -0.2) is 4.39 Å². The molecule has 1 aromatic heterocycles. The van der Waals surface area contributed by atoms with Crippen LogP contribution in [0.15, 0.2) is 39.5 Å². The van der Waals surface area contributed by atoms with E-state index in [0.29, 0.717) is 5.56 Å². The van der Waals surface area contributed by atoms with E-state index in [1.807, 2.05) is 0 Å². The van der Waals surface area contributed by atoms with Gasteiger partial charge >= 0.3 is 0 Å². The monoisotopic (exact) mass is 309 g/mol. The lowest BCUT2D eigenvalue weighted by Crippen LogP contribution is -2.17. The van der Waals surface area contributed by atoms with Gasteiger partial charge in [0.05, 0.1) is 0 Å². The van der Waals surface area contributed by atoms with Crippen molar-refractivity contribution < 1.29 is 23.9 Å². The maximum absolute atomic E-state index is 13.0. The fraction of sp³-hybridized carbons (Fsp3) is 0.214. The molecule has 22 heavy (non-hydrogen) atoms. The minimum atomic E-state index is -1.09. The zero-order valence-electron chi connectivity index (χ0n) is 11.2. The summed E-state index contributed by atoms with van der Waals surface area (Å²) < 4.78 is 18.2. The highest BCUT2D eigenvalue weighted by Crippen LogP contribution is 2.30. The number of aliphatic hydroxyl groups is 1. The quantitative estimate of drug-likeness (QED) is 0.637. The minimum absolute atomic E-state index is 0.131. The summed E-state index contributed by atoms with van der Waals surface area (Å²) in [6, 6.07) is 5.70. The molecule has 1 aromatic carbocycles. The van der Waals surface area contributed by atoms with Gasteiger partial charge in [-0.1, -0.05) is 12.1 Å². The molecule has 0 saturated carbocycles. The first-order chi connectivity index (χ1) is 10.4. The van der Waals surface area contributed by atoms with Crippen molar-refractivity contribution in [1.82, 2.24) is 0 Å². The van der Waals surface area contributed by atoms with Gasteiger partial charge in [0.25, 0.3) is 0 Å². The summed E-state index contributed by atoms with van der Waals surface area (Å²) in [5.41, 5.74) is -0.521. The molecule has 0 amide bonds. The van der Waals surface area contributed by atoms with Crippen molar-refractivity contribution in [3.05, 3.63) is 73.6 Å². The molecule has 0 aliphatic heterocycles. The number of hydrogen-bond acceptors (Lipinski definition) is 6. The van der Waals surface area contributed by atoms with Crippen molar-refractivity contribution in [1.29, 1.82) is 0 Å². The molecule has 1 atom stereocenters. The summed E-state index contributed by atoms with van der Waals surface area (Å²) in [5.74, 6) is -2.85. The Morgan fingerprint density at radius 3 is 2.50 bits per heavy atom. The molecule has 0 spiro atoms. The molecule has 1 heterocycles. The van der Waals surface area contributed by atoms with E-state index in [4.69, 9.17) is 9.52 Å². The maximum Gasteiger partial charge on any atom is 0.227 e. The Hall–Kier alpha value is -2.74. The van der Waals surface area contributed by atoms with Crippen LogP contribution in [0.2, 0.25) is 0 Å². The van der Waals surface area contributed by atoms with E-state index in [0.717, 1.165) is 18.2 Å². The zero-order chi connectivity index (χ0) is 16.3. The number of halogens is 1. The Morgan fingerprint density at radius 2 is 1.95 bits per heavy atom. The number of aliphatic hydroxyl groups excluding tert-OH is 1. The molecule has 7 nitrogen and oxygen atoms in total. The summed E-state index contributed by atoms with van der Waals surface area (Å²) in [7, 11) is 0. The number of hydrogen-bond donors (Lipinski definition) is 2. The second-order valence-electron chi connectivity index (χ2n) is 4.57. The standard InChI is InChI=1S/C14H12FNO6/c15-9-3-1-8(2-4-9)11(6-16(20)21)14-13(19)12(18)5-10(7-17)22-14/h1-5,11,17,19H,6-7H2. The Bertz CT molecular complexity index is 740. The van der Waals surface area contributed by atoms with Crippen molar-refractivity contribution >= 4 is 0 Å². The van der Waals surface area contributed by atoms with E-state index >= 15 is 0 Å². The Labute approximate surface area is 123 Å². The van der Waals surface area contributed by atoms with Crippen LogP contribution in [0.5, 0.6) is 5.75 Å². The average Bonchev–Trinajstić information content (AvgIpc) is 2.48. The van der Waals surface area contributed by atoms with Crippen LogP contribution in [0.3, 0.4) is 0 Å². The average molecular weight is 309 g/mol. The first-order valence-electron chi connectivity index (χ1n) is 6.26. The molecule has 2 N–H and O–H groups in total. The lowest BCUT2D eigenvalue weighted by atomic mass is 9.95. The van der Waals surface area contributed by atoms with E-state index < -0.39 is 41.0 Å². The third-order valence-corrected chi connectivity index (χ3v) is 3.08. The van der Waals surface area contributed by atoms with Gasteiger partial charge in [-0.2, -0.15) is 0 Å².